The number of carbonyl (C=O) groups is 1. The molecule has 0 amide bonds. The van der Waals surface area contributed by atoms with Gasteiger partial charge in [-0.25, -0.2) is 14.8 Å². The number of carboxylic acid groups (broad SMARTS) is 1. The van der Waals surface area contributed by atoms with Crippen LogP contribution in [0.3, 0.4) is 0 Å². The summed E-state index contributed by atoms with van der Waals surface area (Å²) in [4.78, 5) is 23.5. The first kappa shape index (κ1) is 14.6. The number of anilines is 1. The first-order chi connectivity index (χ1) is 10.0. The number of thiophene rings is 1. The Morgan fingerprint density at radius 2 is 2.19 bits per heavy atom. The van der Waals surface area contributed by atoms with Crippen LogP contribution in [0.2, 0.25) is 0 Å². The Labute approximate surface area is 131 Å². The second-order valence-electron chi connectivity index (χ2n) is 5.25. The molecule has 0 saturated carbocycles. The predicted molar refractivity (Wildman–Crippen MR) is 87.8 cm³/mol. The monoisotopic (exact) mass is 323 g/mol. The zero-order chi connectivity index (χ0) is 15.1. The van der Waals surface area contributed by atoms with Gasteiger partial charge in [0.25, 0.3) is 0 Å². The summed E-state index contributed by atoms with van der Waals surface area (Å²) in [6, 6.07) is 0.370. The molecule has 3 heterocycles. The van der Waals surface area contributed by atoms with Gasteiger partial charge in [-0.15, -0.1) is 11.3 Å². The molecular formula is C14H17N3O2S2. The van der Waals surface area contributed by atoms with Gasteiger partial charge < -0.3 is 10.0 Å². The molecule has 1 N–H and O–H groups in total. The first-order valence-corrected chi connectivity index (χ1v) is 8.73. The highest BCUT2D eigenvalue weighted by Gasteiger charge is 2.29. The molecular weight excluding hydrogens is 306 g/mol. The molecule has 0 spiro atoms. The highest BCUT2D eigenvalue weighted by molar-refractivity contribution is 8.00. The third kappa shape index (κ3) is 2.38. The number of thioether (sulfide) groups is 1. The number of hydrogen-bond acceptors (Lipinski definition) is 6. The van der Waals surface area contributed by atoms with Gasteiger partial charge in [0.1, 0.15) is 21.9 Å². The van der Waals surface area contributed by atoms with Crippen LogP contribution in [-0.2, 0) is 0 Å². The summed E-state index contributed by atoms with van der Waals surface area (Å²) >= 11 is 3.20. The van der Waals surface area contributed by atoms with Crippen molar-refractivity contribution in [3.05, 3.63) is 16.8 Å². The van der Waals surface area contributed by atoms with E-state index in [4.69, 9.17) is 0 Å². The molecule has 1 fully saturated rings. The van der Waals surface area contributed by atoms with E-state index in [1.807, 2.05) is 18.7 Å². The summed E-state index contributed by atoms with van der Waals surface area (Å²) in [7, 11) is 0. The van der Waals surface area contributed by atoms with E-state index in [1.54, 1.807) is 6.33 Å². The number of rotatable bonds is 2. The lowest BCUT2D eigenvalue weighted by Gasteiger charge is -2.38. The number of carboxylic acids is 1. The van der Waals surface area contributed by atoms with Crippen molar-refractivity contribution >= 4 is 45.1 Å². The van der Waals surface area contributed by atoms with Gasteiger partial charge in [-0.3, -0.25) is 0 Å². The molecule has 112 valence electrons. The smallest absolute Gasteiger partial charge is 0.346 e. The molecule has 2 aromatic heterocycles. The van der Waals surface area contributed by atoms with Gasteiger partial charge >= 0.3 is 5.97 Å². The lowest BCUT2D eigenvalue weighted by atomic mass is 10.1. The molecule has 3 rings (SSSR count). The fourth-order valence-corrected chi connectivity index (χ4v) is 4.79. The maximum atomic E-state index is 11.3. The number of fused-ring (bicyclic) bond motifs is 1. The van der Waals surface area contributed by atoms with Gasteiger partial charge in [0.15, 0.2) is 0 Å². The standard InChI is InChI=1S/C14H17N3O2S2/c1-7-10-12(17-4-5-20-9(3)8(17)2)15-6-16-13(10)21-11(7)14(18)19/h6,8-9H,4-5H2,1-3H3,(H,18,19). The zero-order valence-corrected chi connectivity index (χ0v) is 13.8. The summed E-state index contributed by atoms with van der Waals surface area (Å²) in [6.07, 6.45) is 1.54. The summed E-state index contributed by atoms with van der Waals surface area (Å²) in [5.41, 5.74) is 0.774. The normalized spacial score (nSPS) is 22.7. The Kier molecular flexibility index (Phi) is 3.79. The number of nitrogens with zero attached hydrogens (tertiary/aromatic N) is 3. The average Bonchev–Trinajstić information content (AvgIpc) is 2.80. The van der Waals surface area contributed by atoms with Crippen LogP contribution in [0.1, 0.15) is 29.1 Å². The van der Waals surface area contributed by atoms with Crippen LogP contribution in [0.4, 0.5) is 5.82 Å². The van der Waals surface area contributed by atoms with E-state index in [0.29, 0.717) is 16.2 Å². The van der Waals surface area contributed by atoms with Gasteiger partial charge in [0.2, 0.25) is 0 Å². The van der Waals surface area contributed by atoms with Crippen molar-refractivity contribution in [1.82, 2.24) is 9.97 Å². The fraction of sp³-hybridized carbons (Fsp3) is 0.500. The van der Waals surface area contributed by atoms with Crippen molar-refractivity contribution in [3.8, 4) is 0 Å². The van der Waals surface area contributed by atoms with Crippen molar-refractivity contribution in [3.63, 3.8) is 0 Å². The molecule has 0 bridgehead atoms. The summed E-state index contributed by atoms with van der Waals surface area (Å²) in [5, 5.41) is 10.7. The lowest BCUT2D eigenvalue weighted by Crippen LogP contribution is -2.45. The minimum absolute atomic E-state index is 0.360. The lowest BCUT2D eigenvalue weighted by molar-refractivity contribution is 0.0701. The maximum Gasteiger partial charge on any atom is 0.346 e. The van der Waals surface area contributed by atoms with Crippen molar-refractivity contribution < 1.29 is 9.90 Å². The van der Waals surface area contributed by atoms with Crippen LogP contribution >= 0.6 is 23.1 Å². The second-order valence-corrected chi connectivity index (χ2v) is 7.73. The van der Waals surface area contributed by atoms with Gasteiger partial charge in [0.05, 0.1) is 5.39 Å². The number of aryl methyl sites for hydroxylation is 1. The van der Waals surface area contributed by atoms with E-state index >= 15 is 0 Å². The number of aromatic carboxylic acids is 1. The third-order valence-electron chi connectivity index (χ3n) is 4.06. The van der Waals surface area contributed by atoms with Crippen LogP contribution in [0.5, 0.6) is 0 Å². The van der Waals surface area contributed by atoms with Crippen molar-refractivity contribution in [1.29, 1.82) is 0 Å². The Balaban J connectivity index is 2.16. The Morgan fingerprint density at radius 1 is 1.43 bits per heavy atom. The molecule has 5 nitrogen and oxygen atoms in total. The van der Waals surface area contributed by atoms with Crippen molar-refractivity contribution in [2.75, 3.05) is 17.2 Å². The van der Waals surface area contributed by atoms with E-state index in [2.05, 4.69) is 28.7 Å². The highest BCUT2D eigenvalue weighted by Crippen LogP contribution is 2.37. The highest BCUT2D eigenvalue weighted by atomic mass is 32.2. The number of hydrogen-bond donors (Lipinski definition) is 1. The fourth-order valence-electron chi connectivity index (χ4n) is 2.71. The van der Waals surface area contributed by atoms with E-state index < -0.39 is 5.97 Å². The topological polar surface area (TPSA) is 66.3 Å². The quantitative estimate of drug-likeness (QED) is 0.916. The Morgan fingerprint density at radius 3 is 2.90 bits per heavy atom. The molecule has 1 aliphatic rings. The van der Waals surface area contributed by atoms with Gasteiger partial charge in [-0.05, 0) is 19.4 Å². The molecule has 2 unspecified atom stereocenters. The summed E-state index contributed by atoms with van der Waals surface area (Å²) in [5.74, 6) is 1.05. The van der Waals surface area contributed by atoms with Crippen LogP contribution in [0, 0.1) is 6.92 Å². The molecule has 21 heavy (non-hydrogen) atoms. The Hall–Kier alpha value is -1.34. The van der Waals surface area contributed by atoms with Crippen LogP contribution in [0.15, 0.2) is 6.33 Å². The van der Waals surface area contributed by atoms with Crippen molar-refractivity contribution in [2.45, 2.75) is 32.1 Å². The minimum atomic E-state index is -0.892. The van der Waals surface area contributed by atoms with Crippen molar-refractivity contribution in [2.24, 2.45) is 0 Å². The molecule has 1 aliphatic heterocycles. The minimum Gasteiger partial charge on any atom is -0.477 e. The first-order valence-electron chi connectivity index (χ1n) is 6.86. The molecule has 0 radical (unpaired) electrons. The Bertz CT molecular complexity index is 701. The third-order valence-corrected chi connectivity index (χ3v) is 6.58. The van der Waals surface area contributed by atoms with Gasteiger partial charge in [-0.2, -0.15) is 11.8 Å². The van der Waals surface area contributed by atoms with Crippen LogP contribution in [-0.4, -0.2) is 44.6 Å². The number of aromatic nitrogens is 2. The molecule has 0 aromatic carbocycles. The molecule has 7 heteroatoms. The molecule has 1 saturated heterocycles. The SMILES string of the molecule is Cc1c(C(=O)O)sc2ncnc(N3CCSC(C)C3C)c12. The van der Waals surface area contributed by atoms with Gasteiger partial charge in [0, 0.05) is 23.6 Å². The van der Waals surface area contributed by atoms with E-state index in [1.165, 1.54) is 11.3 Å². The molecule has 0 aliphatic carbocycles. The van der Waals surface area contributed by atoms with E-state index in [0.717, 1.165) is 33.9 Å². The predicted octanol–water partition coefficient (Wildman–Crippen LogP) is 3.03. The van der Waals surface area contributed by atoms with Gasteiger partial charge in [-0.1, -0.05) is 6.92 Å². The molecule has 2 aromatic rings. The molecule has 2 atom stereocenters. The van der Waals surface area contributed by atoms with Crippen LogP contribution < -0.4 is 4.90 Å². The second kappa shape index (κ2) is 5.46. The van der Waals surface area contributed by atoms with E-state index in [-0.39, 0.29) is 0 Å². The zero-order valence-electron chi connectivity index (χ0n) is 12.2. The largest absolute Gasteiger partial charge is 0.477 e. The van der Waals surface area contributed by atoms with E-state index in [9.17, 15) is 9.90 Å². The van der Waals surface area contributed by atoms with Crippen LogP contribution in [0.25, 0.3) is 10.2 Å². The summed E-state index contributed by atoms with van der Waals surface area (Å²) in [6.45, 7) is 7.20. The maximum absolute atomic E-state index is 11.3. The average molecular weight is 323 g/mol. The summed E-state index contributed by atoms with van der Waals surface area (Å²) < 4.78 is 0.